The van der Waals surface area contributed by atoms with Crippen LogP contribution in [-0.2, 0) is 6.42 Å². The van der Waals surface area contributed by atoms with Gasteiger partial charge in [-0.25, -0.2) is 4.98 Å². The van der Waals surface area contributed by atoms with Gasteiger partial charge in [-0.1, -0.05) is 12.1 Å². The summed E-state index contributed by atoms with van der Waals surface area (Å²) in [7, 11) is 0. The van der Waals surface area contributed by atoms with E-state index in [1.165, 1.54) is 23.5 Å². The third-order valence-electron chi connectivity index (χ3n) is 2.51. The lowest BCUT2D eigenvalue weighted by molar-refractivity contribution is -0.384. The molecule has 1 heterocycles. The van der Waals surface area contributed by atoms with Crippen molar-refractivity contribution in [3.63, 3.8) is 0 Å². The summed E-state index contributed by atoms with van der Waals surface area (Å²) in [6, 6.07) is 6.29. The van der Waals surface area contributed by atoms with Crippen LogP contribution in [0.5, 0.6) is 0 Å². The van der Waals surface area contributed by atoms with Gasteiger partial charge in [-0.15, -0.1) is 11.3 Å². The fraction of sp³-hybridized carbons (Fsp3) is 0.167. The summed E-state index contributed by atoms with van der Waals surface area (Å²) in [5.74, 6) is -0.205. The number of hydrogen-bond donors (Lipinski definition) is 1. The molecule has 1 amide bonds. The van der Waals surface area contributed by atoms with E-state index in [1.54, 1.807) is 23.0 Å². The predicted octanol–water partition coefficient (Wildman–Crippen LogP) is 2.02. The van der Waals surface area contributed by atoms with Gasteiger partial charge in [-0.3, -0.25) is 14.9 Å². The quantitative estimate of drug-likeness (QED) is 0.669. The van der Waals surface area contributed by atoms with Crippen molar-refractivity contribution in [3.05, 3.63) is 56.5 Å². The van der Waals surface area contributed by atoms with Crippen molar-refractivity contribution in [3.8, 4) is 0 Å². The van der Waals surface area contributed by atoms with Crippen LogP contribution in [-0.4, -0.2) is 22.4 Å². The maximum Gasteiger partial charge on any atom is 0.270 e. The van der Waals surface area contributed by atoms with E-state index in [0.29, 0.717) is 18.7 Å². The normalized spacial score (nSPS) is 10.1. The van der Waals surface area contributed by atoms with Crippen LogP contribution in [0.3, 0.4) is 0 Å². The van der Waals surface area contributed by atoms with E-state index in [4.69, 9.17) is 0 Å². The number of nitro benzene ring substituents is 1. The third-order valence-corrected chi connectivity index (χ3v) is 3.10. The topological polar surface area (TPSA) is 85.1 Å². The summed E-state index contributed by atoms with van der Waals surface area (Å²) >= 11 is 1.37. The first-order chi connectivity index (χ1) is 9.16. The summed E-state index contributed by atoms with van der Waals surface area (Å²) in [4.78, 5) is 25.5. The van der Waals surface area contributed by atoms with Crippen molar-refractivity contribution in [1.82, 2.24) is 10.3 Å². The van der Waals surface area contributed by atoms with E-state index in [-0.39, 0.29) is 11.6 Å². The van der Waals surface area contributed by atoms with Gasteiger partial charge in [0.05, 0.1) is 10.4 Å². The van der Waals surface area contributed by atoms with E-state index >= 15 is 0 Å². The molecule has 2 rings (SSSR count). The molecule has 0 aliphatic rings. The average Bonchev–Trinajstić information content (AvgIpc) is 2.93. The molecule has 7 heteroatoms. The van der Waals surface area contributed by atoms with Crippen LogP contribution in [0.1, 0.15) is 16.1 Å². The molecular weight excluding hydrogens is 266 g/mol. The number of nitro groups is 1. The molecule has 0 spiro atoms. The SMILES string of the molecule is O=C(NCCc1ccc([N+](=O)[O-])cc1)c1cscn1. The van der Waals surface area contributed by atoms with Gasteiger partial charge in [0.25, 0.3) is 11.6 Å². The van der Waals surface area contributed by atoms with Gasteiger partial charge < -0.3 is 5.32 Å². The Morgan fingerprint density at radius 2 is 2.11 bits per heavy atom. The van der Waals surface area contributed by atoms with Crippen LogP contribution >= 0.6 is 11.3 Å². The molecule has 0 aliphatic carbocycles. The van der Waals surface area contributed by atoms with Gasteiger partial charge >= 0.3 is 0 Å². The fourth-order valence-corrected chi connectivity index (χ4v) is 2.05. The zero-order chi connectivity index (χ0) is 13.7. The molecule has 0 radical (unpaired) electrons. The maximum atomic E-state index is 11.6. The minimum atomic E-state index is -0.437. The van der Waals surface area contributed by atoms with Crippen LogP contribution in [0.4, 0.5) is 5.69 Å². The van der Waals surface area contributed by atoms with Crippen molar-refractivity contribution in [1.29, 1.82) is 0 Å². The molecule has 0 fully saturated rings. The standard InChI is InChI=1S/C12H11N3O3S/c16-12(11-7-19-8-14-11)13-6-5-9-1-3-10(4-2-9)15(17)18/h1-4,7-8H,5-6H2,(H,13,16). The van der Waals surface area contributed by atoms with Gasteiger partial charge in [0.1, 0.15) is 5.69 Å². The molecule has 98 valence electrons. The Kier molecular flexibility index (Phi) is 4.19. The number of nitrogens with zero attached hydrogens (tertiary/aromatic N) is 2. The number of benzene rings is 1. The van der Waals surface area contributed by atoms with Gasteiger partial charge in [-0.2, -0.15) is 0 Å². The molecule has 0 atom stereocenters. The van der Waals surface area contributed by atoms with E-state index in [9.17, 15) is 14.9 Å². The van der Waals surface area contributed by atoms with Gasteiger partial charge in [0, 0.05) is 24.1 Å². The largest absolute Gasteiger partial charge is 0.350 e. The molecule has 6 nitrogen and oxygen atoms in total. The summed E-state index contributed by atoms with van der Waals surface area (Å²) < 4.78 is 0. The van der Waals surface area contributed by atoms with Crippen molar-refractivity contribution in [2.75, 3.05) is 6.54 Å². The van der Waals surface area contributed by atoms with Crippen LogP contribution in [0.2, 0.25) is 0 Å². The monoisotopic (exact) mass is 277 g/mol. The van der Waals surface area contributed by atoms with Crippen LogP contribution in [0.15, 0.2) is 35.2 Å². The van der Waals surface area contributed by atoms with E-state index in [2.05, 4.69) is 10.3 Å². The number of amides is 1. The molecule has 19 heavy (non-hydrogen) atoms. The molecular formula is C12H11N3O3S. The minimum absolute atomic E-state index is 0.0651. The molecule has 1 N–H and O–H groups in total. The van der Waals surface area contributed by atoms with Crippen molar-refractivity contribution in [2.24, 2.45) is 0 Å². The number of rotatable bonds is 5. The third kappa shape index (κ3) is 3.59. The molecule has 0 saturated heterocycles. The van der Waals surface area contributed by atoms with E-state index < -0.39 is 4.92 Å². The van der Waals surface area contributed by atoms with Crippen LogP contribution < -0.4 is 5.32 Å². The highest BCUT2D eigenvalue weighted by molar-refractivity contribution is 7.07. The first-order valence-electron chi connectivity index (χ1n) is 5.56. The fourth-order valence-electron chi connectivity index (χ4n) is 1.52. The number of carbonyl (C=O) groups excluding carboxylic acids is 1. The second-order valence-electron chi connectivity index (χ2n) is 3.80. The zero-order valence-corrected chi connectivity index (χ0v) is 10.7. The number of hydrogen-bond acceptors (Lipinski definition) is 5. The smallest absolute Gasteiger partial charge is 0.270 e. The number of thiazole rings is 1. The number of aromatic nitrogens is 1. The Labute approximate surface area is 113 Å². The Bertz CT molecular complexity index is 566. The Balaban J connectivity index is 1.82. The van der Waals surface area contributed by atoms with E-state index in [0.717, 1.165) is 5.56 Å². The Morgan fingerprint density at radius 3 is 2.68 bits per heavy atom. The molecule has 1 aromatic heterocycles. The lowest BCUT2D eigenvalue weighted by Gasteiger charge is -2.03. The van der Waals surface area contributed by atoms with Gasteiger partial charge in [0.2, 0.25) is 0 Å². The van der Waals surface area contributed by atoms with Crippen LogP contribution in [0, 0.1) is 10.1 Å². The first-order valence-corrected chi connectivity index (χ1v) is 6.51. The van der Waals surface area contributed by atoms with Crippen molar-refractivity contribution >= 4 is 22.9 Å². The maximum absolute atomic E-state index is 11.6. The first kappa shape index (κ1) is 13.2. The second kappa shape index (κ2) is 6.05. The molecule has 0 saturated carbocycles. The summed E-state index contributed by atoms with van der Waals surface area (Å²) in [5, 5.41) is 14.9. The van der Waals surface area contributed by atoms with Crippen LogP contribution in [0.25, 0.3) is 0 Å². The molecule has 0 aliphatic heterocycles. The van der Waals surface area contributed by atoms with Crippen molar-refractivity contribution in [2.45, 2.75) is 6.42 Å². The molecule has 1 aromatic carbocycles. The minimum Gasteiger partial charge on any atom is -0.350 e. The number of non-ortho nitro benzene ring substituents is 1. The number of carbonyl (C=O) groups is 1. The summed E-state index contributed by atoms with van der Waals surface area (Å²) in [6.45, 7) is 0.466. The van der Waals surface area contributed by atoms with Crippen molar-refractivity contribution < 1.29 is 9.72 Å². The highest BCUT2D eigenvalue weighted by atomic mass is 32.1. The summed E-state index contributed by atoms with van der Waals surface area (Å²) in [5.41, 5.74) is 3.01. The Hall–Kier alpha value is -2.28. The molecule has 0 unspecified atom stereocenters. The van der Waals surface area contributed by atoms with Gasteiger partial charge in [0.15, 0.2) is 0 Å². The lowest BCUT2D eigenvalue weighted by Crippen LogP contribution is -2.25. The Morgan fingerprint density at radius 1 is 1.37 bits per heavy atom. The zero-order valence-electron chi connectivity index (χ0n) is 9.91. The predicted molar refractivity (Wildman–Crippen MR) is 71.2 cm³/mol. The molecule has 2 aromatic rings. The molecule has 0 bridgehead atoms. The summed E-state index contributed by atoms with van der Waals surface area (Å²) in [6.07, 6.45) is 0.619. The number of nitrogens with one attached hydrogen (secondary N) is 1. The van der Waals surface area contributed by atoms with Gasteiger partial charge in [-0.05, 0) is 12.0 Å². The lowest BCUT2D eigenvalue weighted by atomic mass is 10.1. The highest BCUT2D eigenvalue weighted by Crippen LogP contribution is 2.12. The second-order valence-corrected chi connectivity index (χ2v) is 4.52. The highest BCUT2D eigenvalue weighted by Gasteiger charge is 2.07. The average molecular weight is 277 g/mol. The van der Waals surface area contributed by atoms with E-state index in [1.807, 2.05) is 0 Å².